The van der Waals surface area contributed by atoms with Gasteiger partial charge in [-0.1, -0.05) is 140 Å². The number of para-hydroxylation sites is 3. The number of rotatable bonds is 4. The number of nitrogens with zero attached hydrogens (tertiary/aromatic N) is 3. The molecule has 1 aliphatic heterocycles. The van der Waals surface area contributed by atoms with E-state index in [2.05, 4.69) is 185 Å². The lowest BCUT2D eigenvalue weighted by molar-refractivity contribution is 0.724. The van der Waals surface area contributed by atoms with E-state index in [1.165, 1.54) is 44.1 Å². The molecule has 0 atom stereocenters. The molecule has 3 nitrogen and oxygen atoms in total. The first kappa shape index (κ1) is 26.1. The molecule has 0 unspecified atom stereocenters. The molecule has 0 radical (unpaired) electrons. The summed E-state index contributed by atoms with van der Waals surface area (Å²) >= 11 is 0. The molecule has 220 valence electrons. The van der Waals surface area contributed by atoms with Crippen LogP contribution in [-0.2, 0) is 5.41 Å². The Kier molecular flexibility index (Phi) is 5.49. The van der Waals surface area contributed by atoms with E-state index in [4.69, 9.17) is 4.98 Å². The highest BCUT2D eigenvalue weighted by molar-refractivity contribution is 6.09. The van der Waals surface area contributed by atoms with Gasteiger partial charge in [-0.05, 0) is 58.7 Å². The summed E-state index contributed by atoms with van der Waals surface area (Å²) in [6.07, 6.45) is 0. The number of benzene rings is 7. The molecular weight excluding hydrogens is 571 g/mol. The Labute approximate surface area is 272 Å². The summed E-state index contributed by atoms with van der Waals surface area (Å²) in [7, 11) is 0. The molecule has 0 N–H and O–H groups in total. The van der Waals surface area contributed by atoms with Crippen LogP contribution >= 0.6 is 0 Å². The summed E-state index contributed by atoms with van der Waals surface area (Å²) in [6.45, 7) is 0. The van der Waals surface area contributed by atoms with E-state index in [0.29, 0.717) is 0 Å². The molecule has 0 saturated heterocycles. The summed E-state index contributed by atoms with van der Waals surface area (Å²) in [4.78, 5) is 5.32. The number of hydrogen-bond donors (Lipinski definition) is 0. The van der Waals surface area contributed by atoms with Crippen LogP contribution in [0.25, 0.3) is 55.6 Å². The van der Waals surface area contributed by atoms with Gasteiger partial charge in [0.2, 0.25) is 0 Å². The van der Waals surface area contributed by atoms with Crippen molar-refractivity contribution in [2.24, 2.45) is 0 Å². The fraction of sp³-hybridized carbons (Fsp3) is 0.0227. The molecule has 0 amide bonds. The number of aromatic nitrogens is 3. The molecule has 2 aromatic heterocycles. The Hall–Kier alpha value is -6.19. The summed E-state index contributed by atoms with van der Waals surface area (Å²) in [6, 6.07) is 63.7. The van der Waals surface area contributed by atoms with Gasteiger partial charge in [-0.2, -0.15) is 0 Å². The second-order valence-corrected chi connectivity index (χ2v) is 12.4. The van der Waals surface area contributed by atoms with Crippen molar-refractivity contribution in [2.75, 3.05) is 0 Å². The van der Waals surface area contributed by atoms with Crippen LogP contribution in [0.15, 0.2) is 176 Å². The maximum atomic E-state index is 5.32. The zero-order valence-electron chi connectivity index (χ0n) is 25.6. The summed E-state index contributed by atoms with van der Waals surface area (Å²) in [5.74, 6) is 0.952. The minimum atomic E-state index is -0.587. The largest absolute Gasteiger partial charge is 0.309 e. The molecule has 3 heterocycles. The molecule has 3 heteroatoms. The normalized spacial score (nSPS) is 13.3. The third-order valence-electron chi connectivity index (χ3n) is 9.99. The van der Waals surface area contributed by atoms with Crippen LogP contribution in [0, 0.1) is 0 Å². The predicted molar refractivity (Wildman–Crippen MR) is 193 cm³/mol. The SMILES string of the molecule is c1ccc(-c2nc3cccc4c3n2-c2ccc(-n3c5ccccc5c5ccccc53)cc2C4(c2ccccc2)c2ccccc2)cc1. The average molecular weight is 600 g/mol. The Bertz CT molecular complexity index is 2520. The number of fused-ring (bicyclic) bond motifs is 5. The maximum absolute atomic E-state index is 5.32. The van der Waals surface area contributed by atoms with Gasteiger partial charge >= 0.3 is 0 Å². The summed E-state index contributed by atoms with van der Waals surface area (Å²) < 4.78 is 4.82. The first-order valence-corrected chi connectivity index (χ1v) is 16.2. The van der Waals surface area contributed by atoms with Crippen LogP contribution in [0.5, 0.6) is 0 Å². The van der Waals surface area contributed by atoms with Crippen molar-refractivity contribution >= 4 is 32.8 Å². The minimum Gasteiger partial charge on any atom is -0.309 e. The Balaban J connectivity index is 1.40. The van der Waals surface area contributed by atoms with Gasteiger partial charge in [0.1, 0.15) is 5.82 Å². The first-order chi connectivity index (χ1) is 23.3. The third-order valence-corrected chi connectivity index (χ3v) is 9.99. The van der Waals surface area contributed by atoms with E-state index in [1.807, 2.05) is 0 Å². The molecule has 0 fully saturated rings. The number of imidazole rings is 1. The van der Waals surface area contributed by atoms with Gasteiger partial charge in [-0.15, -0.1) is 0 Å². The zero-order valence-corrected chi connectivity index (χ0v) is 25.6. The topological polar surface area (TPSA) is 22.8 Å². The smallest absolute Gasteiger partial charge is 0.145 e. The Morgan fingerprint density at radius 2 is 1.02 bits per heavy atom. The molecule has 0 bridgehead atoms. The van der Waals surface area contributed by atoms with Gasteiger partial charge in [0.15, 0.2) is 0 Å². The van der Waals surface area contributed by atoms with Crippen molar-refractivity contribution in [1.82, 2.24) is 14.1 Å². The summed E-state index contributed by atoms with van der Waals surface area (Å²) in [5.41, 5.74) is 12.2. The van der Waals surface area contributed by atoms with Crippen molar-refractivity contribution in [3.63, 3.8) is 0 Å². The Morgan fingerprint density at radius 3 is 1.66 bits per heavy atom. The van der Waals surface area contributed by atoms with Crippen molar-refractivity contribution in [3.8, 4) is 22.8 Å². The number of hydrogen-bond acceptors (Lipinski definition) is 1. The lowest BCUT2D eigenvalue weighted by atomic mass is 9.63. The van der Waals surface area contributed by atoms with Crippen molar-refractivity contribution < 1.29 is 0 Å². The van der Waals surface area contributed by atoms with Crippen LogP contribution in [0.3, 0.4) is 0 Å². The molecular formula is C44H29N3. The standard InChI is InChI=1S/C44H29N3/c1-4-15-30(16-5-1)43-45-38-24-14-23-36-42(38)47(43)41-28-27-33(46-39-25-12-10-21-34(39)35-22-11-13-26-40(35)46)29-37(41)44(36,31-17-6-2-7-18-31)32-19-8-3-9-20-32/h1-29H. The van der Waals surface area contributed by atoms with E-state index < -0.39 is 5.41 Å². The highest BCUT2D eigenvalue weighted by atomic mass is 15.1. The lowest BCUT2D eigenvalue weighted by Gasteiger charge is -2.41. The highest BCUT2D eigenvalue weighted by Crippen LogP contribution is 2.54. The maximum Gasteiger partial charge on any atom is 0.145 e. The fourth-order valence-electron chi connectivity index (χ4n) is 8.11. The van der Waals surface area contributed by atoms with Crippen molar-refractivity contribution in [1.29, 1.82) is 0 Å². The molecule has 0 saturated carbocycles. The van der Waals surface area contributed by atoms with Gasteiger partial charge < -0.3 is 4.57 Å². The monoisotopic (exact) mass is 599 g/mol. The van der Waals surface area contributed by atoms with Crippen LogP contribution in [0.2, 0.25) is 0 Å². The molecule has 47 heavy (non-hydrogen) atoms. The predicted octanol–water partition coefficient (Wildman–Crippen LogP) is 10.5. The fourth-order valence-corrected chi connectivity index (χ4v) is 8.11. The second kappa shape index (κ2) is 9.90. The van der Waals surface area contributed by atoms with Crippen molar-refractivity contribution in [3.05, 3.63) is 198 Å². The van der Waals surface area contributed by atoms with Crippen LogP contribution in [0.4, 0.5) is 0 Å². The van der Waals surface area contributed by atoms with E-state index in [-0.39, 0.29) is 0 Å². The zero-order chi connectivity index (χ0) is 31.0. The molecule has 10 rings (SSSR count). The van der Waals surface area contributed by atoms with E-state index in [0.717, 1.165) is 33.8 Å². The highest BCUT2D eigenvalue weighted by Gasteiger charge is 2.45. The summed E-state index contributed by atoms with van der Waals surface area (Å²) in [5, 5.41) is 2.51. The van der Waals surface area contributed by atoms with Crippen LogP contribution < -0.4 is 0 Å². The van der Waals surface area contributed by atoms with Crippen molar-refractivity contribution in [2.45, 2.75) is 5.41 Å². The Morgan fingerprint density at radius 1 is 0.447 bits per heavy atom. The molecule has 0 aliphatic carbocycles. The van der Waals surface area contributed by atoms with Gasteiger partial charge in [0.25, 0.3) is 0 Å². The molecule has 1 aliphatic rings. The van der Waals surface area contributed by atoms with Gasteiger partial charge in [0, 0.05) is 22.0 Å². The average Bonchev–Trinajstić information content (AvgIpc) is 3.70. The molecule has 7 aromatic carbocycles. The van der Waals surface area contributed by atoms with Crippen LogP contribution in [-0.4, -0.2) is 14.1 Å². The lowest BCUT2D eigenvalue weighted by Crippen LogP contribution is -2.35. The third kappa shape index (κ3) is 3.54. The van der Waals surface area contributed by atoms with Gasteiger partial charge in [-0.25, -0.2) is 4.98 Å². The first-order valence-electron chi connectivity index (χ1n) is 16.2. The second-order valence-electron chi connectivity index (χ2n) is 12.4. The van der Waals surface area contributed by atoms with Gasteiger partial charge in [-0.3, -0.25) is 4.57 Å². The minimum absolute atomic E-state index is 0.587. The van der Waals surface area contributed by atoms with E-state index >= 15 is 0 Å². The molecule has 0 spiro atoms. The van der Waals surface area contributed by atoms with Crippen LogP contribution in [0.1, 0.15) is 22.3 Å². The van der Waals surface area contributed by atoms with E-state index in [9.17, 15) is 0 Å². The van der Waals surface area contributed by atoms with E-state index in [1.54, 1.807) is 0 Å². The van der Waals surface area contributed by atoms with Gasteiger partial charge in [0.05, 0.1) is 33.2 Å². The molecule has 9 aromatic rings. The quantitative estimate of drug-likeness (QED) is 0.197.